The first kappa shape index (κ1) is 13.6. The Bertz CT molecular complexity index is 352. The molecule has 1 aromatic rings. The molecule has 1 aromatic carbocycles. The lowest BCUT2D eigenvalue weighted by Gasteiger charge is -2.17. The zero-order chi connectivity index (χ0) is 13.0. The lowest BCUT2D eigenvalue weighted by atomic mass is 9.97. The second-order valence-electron chi connectivity index (χ2n) is 4.51. The lowest BCUT2D eigenvalue weighted by molar-refractivity contribution is 0.338. The van der Waals surface area contributed by atoms with Gasteiger partial charge in [-0.25, -0.2) is 0 Å². The minimum Gasteiger partial charge on any atom is -0.502 e. The largest absolute Gasteiger partial charge is 0.502 e. The highest BCUT2D eigenvalue weighted by Gasteiger charge is 2.15. The van der Waals surface area contributed by atoms with Crippen molar-refractivity contribution in [3.8, 4) is 17.2 Å². The van der Waals surface area contributed by atoms with Crippen LogP contribution in [0.25, 0.3) is 0 Å². The van der Waals surface area contributed by atoms with Crippen LogP contribution >= 0.6 is 0 Å². The van der Waals surface area contributed by atoms with Gasteiger partial charge in [-0.1, -0.05) is 13.8 Å². The number of benzene rings is 1. The van der Waals surface area contributed by atoms with E-state index in [-0.39, 0.29) is 11.8 Å². The Kier molecular flexibility index (Phi) is 4.63. The third-order valence-electron chi connectivity index (χ3n) is 2.66. The topological polar surface area (TPSA) is 64.7 Å². The second-order valence-corrected chi connectivity index (χ2v) is 4.51. The standard InChI is InChI=1S/C13H21NO3/c1-8(2)5-10(14)9-6-11(16-3)13(15)12(7-9)17-4/h6-8,10,15H,5,14H2,1-4H3/t10-/m0/s1. The molecule has 0 aliphatic carbocycles. The molecule has 0 aromatic heterocycles. The zero-order valence-electron chi connectivity index (χ0n) is 10.9. The van der Waals surface area contributed by atoms with Crippen molar-refractivity contribution in [2.75, 3.05) is 14.2 Å². The number of hydrogen-bond donors (Lipinski definition) is 2. The minimum atomic E-state index is -0.0848. The van der Waals surface area contributed by atoms with Crippen LogP contribution in [0.1, 0.15) is 31.9 Å². The van der Waals surface area contributed by atoms with Gasteiger partial charge in [0.15, 0.2) is 11.5 Å². The molecule has 0 saturated heterocycles. The summed E-state index contributed by atoms with van der Waals surface area (Å²) in [5.74, 6) is 1.29. The van der Waals surface area contributed by atoms with Gasteiger partial charge in [0, 0.05) is 6.04 Å². The van der Waals surface area contributed by atoms with Gasteiger partial charge in [0.25, 0.3) is 0 Å². The highest BCUT2D eigenvalue weighted by molar-refractivity contribution is 5.53. The molecule has 3 N–H and O–H groups in total. The maximum absolute atomic E-state index is 9.79. The molecule has 96 valence electrons. The fourth-order valence-electron chi connectivity index (χ4n) is 1.77. The predicted molar refractivity (Wildman–Crippen MR) is 67.6 cm³/mol. The molecule has 0 spiro atoms. The highest BCUT2D eigenvalue weighted by atomic mass is 16.5. The summed E-state index contributed by atoms with van der Waals surface area (Å²) in [5, 5.41) is 9.79. The monoisotopic (exact) mass is 239 g/mol. The molecule has 4 heteroatoms. The highest BCUT2D eigenvalue weighted by Crippen LogP contribution is 2.39. The summed E-state index contributed by atoms with van der Waals surface area (Å²) >= 11 is 0. The Balaban J connectivity index is 3.08. The van der Waals surface area contributed by atoms with E-state index in [9.17, 15) is 5.11 Å². The normalized spacial score (nSPS) is 12.6. The third kappa shape index (κ3) is 3.27. The summed E-state index contributed by atoms with van der Waals surface area (Å²) in [6.07, 6.45) is 0.872. The molecular formula is C13H21NO3. The third-order valence-corrected chi connectivity index (χ3v) is 2.66. The van der Waals surface area contributed by atoms with Gasteiger partial charge in [0.2, 0.25) is 5.75 Å². The number of methoxy groups -OCH3 is 2. The summed E-state index contributed by atoms with van der Waals surface area (Å²) in [6, 6.07) is 3.42. The van der Waals surface area contributed by atoms with E-state index < -0.39 is 0 Å². The number of hydrogen-bond acceptors (Lipinski definition) is 4. The van der Waals surface area contributed by atoms with Gasteiger partial charge in [-0.2, -0.15) is 0 Å². The van der Waals surface area contributed by atoms with Crippen LogP contribution in [0.4, 0.5) is 0 Å². The van der Waals surface area contributed by atoms with Crippen LogP contribution in [-0.2, 0) is 0 Å². The Labute approximate surface area is 102 Å². The van der Waals surface area contributed by atoms with E-state index in [1.165, 1.54) is 14.2 Å². The quantitative estimate of drug-likeness (QED) is 0.828. The molecule has 0 aliphatic heterocycles. The maximum Gasteiger partial charge on any atom is 0.200 e. The van der Waals surface area contributed by atoms with Crippen LogP contribution in [0.15, 0.2) is 12.1 Å². The van der Waals surface area contributed by atoms with Crippen LogP contribution < -0.4 is 15.2 Å². The Morgan fingerprint density at radius 1 is 1.18 bits per heavy atom. The van der Waals surface area contributed by atoms with Crippen molar-refractivity contribution in [2.24, 2.45) is 11.7 Å². The first-order valence-electron chi connectivity index (χ1n) is 5.70. The number of aromatic hydroxyl groups is 1. The van der Waals surface area contributed by atoms with E-state index >= 15 is 0 Å². The van der Waals surface area contributed by atoms with Crippen LogP contribution in [0.3, 0.4) is 0 Å². The van der Waals surface area contributed by atoms with Crippen molar-refractivity contribution < 1.29 is 14.6 Å². The van der Waals surface area contributed by atoms with Gasteiger partial charge in [-0.15, -0.1) is 0 Å². The molecule has 0 heterocycles. The van der Waals surface area contributed by atoms with Gasteiger partial charge in [0.1, 0.15) is 0 Å². The fourth-order valence-corrected chi connectivity index (χ4v) is 1.77. The van der Waals surface area contributed by atoms with Crippen molar-refractivity contribution in [3.63, 3.8) is 0 Å². The van der Waals surface area contributed by atoms with Gasteiger partial charge >= 0.3 is 0 Å². The molecule has 0 aliphatic rings. The average molecular weight is 239 g/mol. The zero-order valence-corrected chi connectivity index (χ0v) is 10.9. The van der Waals surface area contributed by atoms with E-state index in [1.54, 1.807) is 12.1 Å². The Morgan fingerprint density at radius 3 is 2.00 bits per heavy atom. The molecular weight excluding hydrogens is 218 g/mol. The van der Waals surface area contributed by atoms with Crippen molar-refractivity contribution in [1.82, 2.24) is 0 Å². The van der Waals surface area contributed by atoms with E-state index in [0.717, 1.165) is 12.0 Å². The van der Waals surface area contributed by atoms with Gasteiger partial charge in [-0.05, 0) is 30.0 Å². The summed E-state index contributed by atoms with van der Waals surface area (Å²) in [6.45, 7) is 4.24. The first-order valence-corrected chi connectivity index (χ1v) is 5.70. The van der Waals surface area contributed by atoms with Gasteiger partial charge < -0.3 is 20.3 Å². The molecule has 0 amide bonds. The SMILES string of the molecule is COc1cc([C@@H](N)CC(C)C)cc(OC)c1O. The van der Waals surface area contributed by atoms with Crippen molar-refractivity contribution in [1.29, 1.82) is 0 Å². The number of ether oxygens (including phenoxy) is 2. The average Bonchev–Trinajstić information content (AvgIpc) is 2.28. The van der Waals surface area contributed by atoms with E-state index in [1.807, 2.05) is 0 Å². The van der Waals surface area contributed by atoms with Crippen LogP contribution in [-0.4, -0.2) is 19.3 Å². The van der Waals surface area contributed by atoms with Gasteiger partial charge in [0.05, 0.1) is 14.2 Å². The maximum atomic E-state index is 9.79. The summed E-state index contributed by atoms with van der Waals surface area (Å²) in [7, 11) is 3.01. The van der Waals surface area contributed by atoms with E-state index in [4.69, 9.17) is 15.2 Å². The first-order chi connectivity index (χ1) is 7.99. The van der Waals surface area contributed by atoms with Crippen molar-refractivity contribution in [3.05, 3.63) is 17.7 Å². The molecule has 0 saturated carbocycles. The van der Waals surface area contributed by atoms with E-state index in [0.29, 0.717) is 17.4 Å². The Hall–Kier alpha value is -1.42. The summed E-state index contributed by atoms with van der Waals surface area (Å²) < 4.78 is 10.2. The number of phenolic OH excluding ortho intramolecular Hbond substituents is 1. The molecule has 0 radical (unpaired) electrons. The Morgan fingerprint density at radius 2 is 1.65 bits per heavy atom. The molecule has 1 rings (SSSR count). The van der Waals surface area contributed by atoms with Gasteiger partial charge in [-0.3, -0.25) is 0 Å². The lowest BCUT2D eigenvalue weighted by Crippen LogP contribution is -2.13. The molecule has 0 fully saturated rings. The van der Waals surface area contributed by atoms with Crippen molar-refractivity contribution in [2.45, 2.75) is 26.3 Å². The number of nitrogens with two attached hydrogens (primary N) is 1. The molecule has 0 unspecified atom stereocenters. The predicted octanol–water partition coefficient (Wildman–Crippen LogP) is 2.46. The second kappa shape index (κ2) is 5.77. The molecule has 1 atom stereocenters. The van der Waals surface area contributed by atoms with Crippen molar-refractivity contribution >= 4 is 0 Å². The smallest absolute Gasteiger partial charge is 0.200 e. The number of phenols is 1. The minimum absolute atomic E-state index is 0.00972. The summed E-state index contributed by atoms with van der Waals surface area (Å²) in [5.41, 5.74) is 7.01. The van der Waals surface area contributed by atoms with Crippen LogP contribution in [0.2, 0.25) is 0 Å². The molecule has 17 heavy (non-hydrogen) atoms. The fraction of sp³-hybridized carbons (Fsp3) is 0.538. The summed E-state index contributed by atoms with van der Waals surface area (Å²) in [4.78, 5) is 0. The number of rotatable bonds is 5. The van der Waals surface area contributed by atoms with Crippen LogP contribution in [0.5, 0.6) is 17.2 Å². The molecule has 4 nitrogen and oxygen atoms in total. The van der Waals surface area contributed by atoms with E-state index in [2.05, 4.69) is 13.8 Å². The van der Waals surface area contributed by atoms with Crippen LogP contribution in [0, 0.1) is 5.92 Å². The molecule has 0 bridgehead atoms.